The molecule has 0 aromatic rings. The van der Waals surface area contributed by atoms with Crippen molar-refractivity contribution < 1.29 is 57.5 Å². The minimum Gasteiger partial charge on any atom is -0.456 e. The summed E-state index contributed by atoms with van der Waals surface area (Å²) < 4.78 is 37.6. The largest absolute Gasteiger partial charge is 0.456 e. The van der Waals surface area contributed by atoms with Gasteiger partial charge in [-0.2, -0.15) is 0 Å². The van der Waals surface area contributed by atoms with Gasteiger partial charge in [0.05, 0.1) is 30.5 Å². The number of amides is 1. The van der Waals surface area contributed by atoms with E-state index in [-0.39, 0.29) is 54.6 Å². The molecule has 1 saturated carbocycles. The summed E-state index contributed by atoms with van der Waals surface area (Å²) in [4.78, 5) is 59.7. The van der Waals surface area contributed by atoms with Gasteiger partial charge in [0, 0.05) is 52.0 Å². The van der Waals surface area contributed by atoms with E-state index in [2.05, 4.69) is 53.4 Å². The van der Waals surface area contributed by atoms with Crippen molar-refractivity contribution >= 4 is 31.8 Å². The Balaban J connectivity index is 1.90. The van der Waals surface area contributed by atoms with Gasteiger partial charge in [0.25, 0.3) is 11.7 Å². The molecule has 3 heterocycles. The number of hydrogen-bond acceptors (Lipinski definition) is 12. The molecule has 2 saturated heterocycles. The van der Waals surface area contributed by atoms with Gasteiger partial charge in [0.2, 0.25) is 5.79 Å². The van der Waals surface area contributed by atoms with Crippen molar-refractivity contribution in [2.24, 2.45) is 29.6 Å². The van der Waals surface area contributed by atoms with E-state index < -0.39 is 92.2 Å². The van der Waals surface area contributed by atoms with Gasteiger partial charge in [0.15, 0.2) is 8.32 Å². The second-order valence-corrected chi connectivity index (χ2v) is 25.9. The summed E-state index contributed by atoms with van der Waals surface area (Å²) >= 11 is 0. The lowest BCUT2D eigenvalue weighted by Crippen LogP contribution is -2.64. The fraction of sp³-hybridized carbons (Fsp3) is 0.800. The number of carbonyl (C=O) groups is 4. The highest BCUT2D eigenvalue weighted by atomic mass is 28.4. The summed E-state index contributed by atoms with van der Waals surface area (Å²) in [6, 6.07) is -1.12. The second kappa shape index (κ2) is 23.0. The van der Waals surface area contributed by atoms with Crippen LogP contribution in [0.2, 0.25) is 18.1 Å². The van der Waals surface area contributed by atoms with Gasteiger partial charge in [-0.1, -0.05) is 65.3 Å². The maximum absolute atomic E-state index is 14.8. The van der Waals surface area contributed by atoms with E-state index in [1.807, 2.05) is 26.8 Å². The molecule has 0 aromatic heterocycles. The average Bonchev–Trinajstić information content (AvgIpc) is 3.23. The molecule has 4 rings (SSSR count). The van der Waals surface area contributed by atoms with Crippen LogP contribution in [0.3, 0.4) is 0 Å². The van der Waals surface area contributed by atoms with Gasteiger partial charge < -0.3 is 43.2 Å². The normalized spacial score (nSPS) is 38.4. The number of rotatable bonds is 9. The van der Waals surface area contributed by atoms with Crippen LogP contribution in [0.15, 0.2) is 36.0 Å². The van der Waals surface area contributed by atoms with Crippen LogP contribution >= 0.6 is 0 Å². The number of ketones is 2. The number of fused-ring (bicyclic) bond motifs is 3. The van der Waals surface area contributed by atoms with E-state index in [9.17, 15) is 29.4 Å². The van der Waals surface area contributed by atoms with E-state index in [1.165, 1.54) is 4.90 Å². The molecular formula is C50H83NO12Si. The smallest absolute Gasteiger partial charge is 0.329 e. The Bertz CT molecular complexity index is 1690. The standard InChI is InChI=1S/C50H83NO12Si/c1-15-18-36-24-30(2)23-31(3)25-42(59-11)45-43(60-12)27-33(5)50(57,62-45)46(54)47(55)51-22-17-16-19-37(51)48(56)61-44(32(4)26-35-20-21-38(52)41(28-35)58-10)34(6)40(29-39(36)53)63-64(13,14)49(7,8)9/h15,24,26,31,33-38,40-45,52,57H,1,16-23,25,27-29H2,2-14H3/b30-24+,32-26?. The first kappa shape index (κ1) is 54.0. The summed E-state index contributed by atoms with van der Waals surface area (Å²) in [5.74, 6) is -7.14. The van der Waals surface area contributed by atoms with Crippen molar-refractivity contribution in [1.29, 1.82) is 0 Å². The minimum absolute atomic E-state index is 0.00597. The summed E-state index contributed by atoms with van der Waals surface area (Å²) in [5.41, 5.74) is 1.77. The molecule has 3 aliphatic heterocycles. The third-order valence-corrected chi connectivity index (χ3v) is 19.6. The lowest BCUT2D eigenvalue weighted by atomic mass is 9.81. The Hall–Kier alpha value is -2.56. The van der Waals surface area contributed by atoms with Crippen LogP contribution in [0.4, 0.5) is 0 Å². The van der Waals surface area contributed by atoms with E-state index in [0.29, 0.717) is 51.4 Å². The Morgan fingerprint density at radius 3 is 2.19 bits per heavy atom. The zero-order valence-electron chi connectivity index (χ0n) is 41.4. The van der Waals surface area contributed by atoms with Crippen molar-refractivity contribution in [3.8, 4) is 0 Å². The molecule has 14 heteroatoms. The third-order valence-electron chi connectivity index (χ3n) is 15.1. The van der Waals surface area contributed by atoms with E-state index >= 15 is 0 Å². The first-order chi connectivity index (χ1) is 29.9. The molecule has 64 heavy (non-hydrogen) atoms. The van der Waals surface area contributed by atoms with Crippen LogP contribution in [0.1, 0.15) is 126 Å². The number of nitrogens with zero attached hydrogens (tertiary/aromatic N) is 1. The quantitative estimate of drug-likeness (QED) is 0.100. The molecular weight excluding hydrogens is 835 g/mol. The highest BCUT2D eigenvalue weighted by Gasteiger charge is 2.57. The van der Waals surface area contributed by atoms with Crippen molar-refractivity contribution in [1.82, 2.24) is 4.90 Å². The summed E-state index contributed by atoms with van der Waals surface area (Å²) in [7, 11) is 2.14. The number of Topliss-reactive ketones (excluding diaryl/α,β-unsaturated/α-hetero) is 2. The van der Waals surface area contributed by atoms with Crippen LogP contribution in [0.5, 0.6) is 0 Å². The van der Waals surface area contributed by atoms with Gasteiger partial charge in [-0.25, -0.2) is 4.79 Å². The maximum Gasteiger partial charge on any atom is 0.329 e. The van der Waals surface area contributed by atoms with Crippen molar-refractivity contribution in [3.63, 3.8) is 0 Å². The molecule has 1 amide bonds. The fourth-order valence-electron chi connectivity index (χ4n) is 10.1. The zero-order chi connectivity index (χ0) is 47.9. The molecule has 2 N–H and O–H groups in total. The van der Waals surface area contributed by atoms with Crippen molar-refractivity contribution in [2.75, 3.05) is 27.9 Å². The predicted molar refractivity (Wildman–Crippen MR) is 249 cm³/mol. The Morgan fingerprint density at radius 2 is 1.58 bits per heavy atom. The predicted octanol–water partition coefficient (Wildman–Crippen LogP) is 7.67. The Morgan fingerprint density at radius 1 is 0.938 bits per heavy atom. The number of aliphatic hydroxyl groups excluding tert-OH is 1. The van der Waals surface area contributed by atoms with Gasteiger partial charge >= 0.3 is 5.97 Å². The van der Waals surface area contributed by atoms with E-state index in [0.717, 1.165) is 11.1 Å². The summed E-state index contributed by atoms with van der Waals surface area (Å²) in [5, 5.41) is 22.6. The molecule has 0 aromatic carbocycles. The monoisotopic (exact) mass is 918 g/mol. The molecule has 14 atom stereocenters. The number of ether oxygens (including phenoxy) is 5. The summed E-state index contributed by atoms with van der Waals surface area (Å²) in [6.45, 7) is 24.5. The van der Waals surface area contributed by atoms with E-state index in [1.54, 1.807) is 34.3 Å². The van der Waals surface area contributed by atoms with Crippen molar-refractivity contribution in [3.05, 3.63) is 36.0 Å². The number of esters is 1. The first-order valence-electron chi connectivity index (χ1n) is 23.8. The number of cyclic esters (lactones) is 1. The highest BCUT2D eigenvalue weighted by molar-refractivity contribution is 6.74. The zero-order valence-corrected chi connectivity index (χ0v) is 42.4. The number of carbonyl (C=O) groups excluding carboxylic acids is 4. The Labute approximate surface area is 385 Å². The maximum atomic E-state index is 14.8. The number of methoxy groups -OCH3 is 3. The van der Waals surface area contributed by atoms with Crippen LogP contribution in [0.25, 0.3) is 0 Å². The molecule has 0 spiro atoms. The lowest BCUT2D eigenvalue weighted by Gasteiger charge is -2.47. The van der Waals surface area contributed by atoms with Gasteiger partial charge in [-0.3, -0.25) is 14.4 Å². The van der Waals surface area contributed by atoms with Crippen LogP contribution < -0.4 is 0 Å². The fourth-order valence-corrected chi connectivity index (χ4v) is 11.5. The number of allylic oxidation sites excluding steroid dienone is 4. The molecule has 4 aliphatic rings. The van der Waals surface area contributed by atoms with Crippen LogP contribution in [0, 0.1) is 29.6 Å². The number of hydrogen-bond donors (Lipinski definition) is 2. The van der Waals surface area contributed by atoms with Gasteiger partial charge in [-0.15, -0.1) is 6.58 Å². The Kier molecular flexibility index (Phi) is 19.4. The molecule has 0 radical (unpaired) electrons. The van der Waals surface area contributed by atoms with Gasteiger partial charge in [0.1, 0.15) is 24.0 Å². The molecule has 1 aliphatic carbocycles. The minimum atomic E-state index is -2.55. The second-order valence-electron chi connectivity index (χ2n) is 21.1. The molecule has 3 fully saturated rings. The topological polar surface area (TPSA) is 167 Å². The highest BCUT2D eigenvalue weighted by Crippen LogP contribution is 2.42. The molecule has 364 valence electrons. The summed E-state index contributed by atoms with van der Waals surface area (Å²) in [6.07, 6.45) is 6.43. The van der Waals surface area contributed by atoms with Gasteiger partial charge in [-0.05, 0) is 114 Å². The van der Waals surface area contributed by atoms with Crippen molar-refractivity contribution in [2.45, 2.75) is 199 Å². The average molecular weight is 918 g/mol. The SMILES string of the molecule is C=CCC1/C=C(\C)CC(C)CC(OC)C2OC(O)(C(=O)C(=O)N3CCCCC3C(=O)OC(C(C)=CC3CCC(O)C(OC)C3)C(C)C(O[Si](C)(C)C(C)(C)C)CC1=O)C(C)CC2OC. The lowest BCUT2D eigenvalue weighted by molar-refractivity contribution is -0.302. The molecule has 2 bridgehead atoms. The third kappa shape index (κ3) is 12.9. The molecule has 13 nitrogen and oxygen atoms in total. The number of aliphatic hydroxyl groups is 2. The molecule has 14 unspecified atom stereocenters. The first-order valence-corrected chi connectivity index (χ1v) is 26.7. The van der Waals surface area contributed by atoms with E-state index in [4.69, 9.17) is 28.1 Å². The van der Waals surface area contributed by atoms with Crippen LogP contribution in [-0.2, 0) is 47.3 Å². The van der Waals surface area contributed by atoms with Crippen LogP contribution in [-0.4, -0.2) is 129 Å². The number of piperidine rings is 1.